The molecule has 114 valence electrons. The van der Waals surface area contributed by atoms with E-state index in [0.717, 1.165) is 17.9 Å². The highest BCUT2D eigenvalue weighted by atomic mass is 35.5. The van der Waals surface area contributed by atoms with E-state index in [9.17, 15) is 13.2 Å². The molecule has 4 fully saturated rings. The van der Waals surface area contributed by atoms with Crippen LogP contribution in [0.5, 0.6) is 0 Å². The summed E-state index contributed by atoms with van der Waals surface area (Å²) >= 11 is 6.55. The third-order valence-corrected chi connectivity index (χ3v) is 6.50. The maximum atomic E-state index is 14.0. The molecule has 0 heterocycles. The molecule has 0 aliphatic heterocycles. The summed E-state index contributed by atoms with van der Waals surface area (Å²) in [5.41, 5.74) is 0.132. The Labute approximate surface area is 127 Å². The van der Waals surface area contributed by atoms with E-state index in [4.69, 9.17) is 11.6 Å². The Morgan fingerprint density at radius 2 is 1.33 bits per heavy atom. The summed E-state index contributed by atoms with van der Waals surface area (Å²) in [4.78, 5) is 0. The number of rotatable bonds is 2. The fourth-order valence-corrected chi connectivity index (χ4v) is 5.98. The first-order chi connectivity index (χ1) is 10.0. The van der Waals surface area contributed by atoms with Crippen molar-refractivity contribution >= 4 is 11.6 Å². The van der Waals surface area contributed by atoms with E-state index < -0.39 is 22.8 Å². The molecular formula is C17H18ClF3. The predicted molar refractivity (Wildman–Crippen MR) is 75.4 cm³/mol. The Morgan fingerprint density at radius 1 is 0.810 bits per heavy atom. The predicted octanol–water partition coefficient (Wildman–Crippen LogP) is 5.46. The lowest BCUT2D eigenvalue weighted by molar-refractivity contribution is -0.0384. The second kappa shape index (κ2) is 4.91. The third kappa shape index (κ3) is 2.19. The molecule has 0 radical (unpaired) electrons. The number of benzene rings is 1. The zero-order chi connectivity index (χ0) is 14.7. The van der Waals surface area contributed by atoms with Gasteiger partial charge in [-0.25, -0.2) is 13.2 Å². The molecule has 4 bridgehead atoms. The van der Waals surface area contributed by atoms with E-state index in [1.165, 1.54) is 32.1 Å². The van der Waals surface area contributed by atoms with Crippen LogP contribution in [-0.2, 0) is 0 Å². The van der Waals surface area contributed by atoms with Crippen LogP contribution in [0.1, 0.15) is 43.0 Å². The number of hydrogen-bond acceptors (Lipinski definition) is 0. The highest BCUT2D eigenvalue weighted by Gasteiger charge is 2.50. The fourth-order valence-electron chi connectivity index (χ4n) is 5.40. The van der Waals surface area contributed by atoms with Gasteiger partial charge in [-0.2, -0.15) is 0 Å². The largest absolute Gasteiger partial charge is 0.207 e. The Hall–Kier alpha value is -0.700. The van der Waals surface area contributed by atoms with Gasteiger partial charge in [-0.1, -0.05) is 0 Å². The van der Waals surface area contributed by atoms with Gasteiger partial charge in [0.1, 0.15) is 5.82 Å². The van der Waals surface area contributed by atoms with Gasteiger partial charge in [-0.05, 0) is 67.8 Å². The van der Waals surface area contributed by atoms with Crippen LogP contribution in [0.3, 0.4) is 0 Å². The summed E-state index contributed by atoms with van der Waals surface area (Å²) < 4.78 is 40.5. The molecule has 1 aromatic carbocycles. The monoisotopic (exact) mass is 314 g/mol. The van der Waals surface area contributed by atoms with Crippen LogP contribution >= 0.6 is 11.6 Å². The summed E-state index contributed by atoms with van der Waals surface area (Å²) in [5.74, 6) is -0.00929. The van der Waals surface area contributed by atoms with Gasteiger partial charge in [-0.15, -0.1) is 11.6 Å². The molecule has 1 atom stereocenters. The molecule has 0 saturated heterocycles. The van der Waals surface area contributed by atoms with Gasteiger partial charge in [0.25, 0.3) is 0 Å². The van der Waals surface area contributed by atoms with E-state index in [-0.39, 0.29) is 11.5 Å². The lowest BCUT2D eigenvalue weighted by Gasteiger charge is -2.55. The van der Waals surface area contributed by atoms with Crippen molar-refractivity contribution in [2.45, 2.75) is 37.5 Å². The second-order valence-electron chi connectivity index (χ2n) is 7.20. The number of alkyl halides is 1. The molecule has 4 saturated carbocycles. The lowest BCUT2D eigenvalue weighted by atomic mass is 9.51. The number of hydrogen-bond donors (Lipinski definition) is 0. The van der Waals surface area contributed by atoms with E-state index in [2.05, 4.69) is 0 Å². The van der Waals surface area contributed by atoms with Crippen molar-refractivity contribution in [1.29, 1.82) is 0 Å². The molecule has 1 aromatic rings. The van der Waals surface area contributed by atoms with Crippen LogP contribution < -0.4 is 0 Å². The smallest absolute Gasteiger partial charge is 0.161 e. The van der Waals surface area contributed by atoms with Gasteiger partial charge in [0.2, 0.25) is 0 Å². The molecule has 4 aliphatic rings. The Balaban J connectivity index is 1.66. The van der Waals surface area contributed by atoms with Crippen LogP contribution in [0.2, 0.25) is 0 Å². The first kappa shape index (κ1) is 13.9. The summed E-state index contributed by atoms with van der Waals surface area (Å²) in [5, 5.41) is -0.546. The SMILES string of the molecule is Fc1cc(F)c(C(Cl)C2C3CC4CC(C3)CC2C4)cc1F. The molecular weight excluding hydrogens is 297 g/mol. The van der Waals surface area contributed by atoms with Crippen LogP contribution in [0.15, 0.2) is 12.1 Å². The number of halogens is 4. The summed E-state index contributed by atoms with van der Waals surface area (Å²) in [6, 6.07) is 1.57. The molecule has 4 aliphatic carbocycles. The van der Waals surface area contributed by atoms with Crippen molar-refractivity contribution in [2.75, 3.05) is 0 Å². The molecule has 5 rings (SSSR count). The minimum absolute atomic E-state index is 0.132. The standard InChI is InChI=1S/C17H18ClF3/c18-17(12-6-14(20)15(21)7-13(12)19)16-10-2-8-1-9(4-10)5-11(16)3-8/h6-11,16-17H,1-5H2. The quantitative estimate of drug-likeness (QED) is 0.502. The molecule has 0 aromatic heterocycles. The van der Waals surface area contributed by atoms with Crippen molar-refractivity contribution in [3.63, 3.8) is 0 Å². The average molecular weight is 315 g/mol. The van der Waals surface area contributed by atoms with Gasteiger partial charge in [-0.3, -0.25) is 0 Å². The van der Waals surface area contributed by atoms with Crippen LogP contribution in [-0.4, -0.2) is 0 Å². The Morgan fingerprint density at radius 3 is 1.90 bits per heavy atom. The molecule has 21 heavy (non-hydrogen) atoms. The van der Waals surface area contributed by atoms with Crippen molar-refractivity contribution in [3.05, 3.63) is 35.1 Å². The first-order valence-corrected chi connectivity index (χ1v) is 8.25. The van der Waals surface area contributed by atoms with Gasteiger partial charge in [0.05, 0.1) is 5.38 Å². The second-order valence-corrected chi connectivity index (χ2v) is 7.67. The minimum atomic E-state index is -1.15. The Bertz CT molecular complexity index is 543. The molecule has 0 spiro atoms. The van der Waals surface area contributed by atoms with Crippen LogP contribution in [0.4, 0.5) is 13.2 Å². The average Bonchev–Trinajstić information content (AvgIpc) is 2.41. The molecule has 4 heteroatoms. The van der Waals surface area contributed by atoms with Crippen molar-refractivity contribution in [3.8, 4) is 0 Å². The van der Waals surface area contributed by atoms with Crippen molar-refractivity contribution in [1.82, 2.24) is 0 Å². The normalized spacial score (nSPS) is 38.8. The van der Waals surface area contributed by atoms with Gasteiger partial charge < -0.3 is 0 Å². The summed E-state index contributed by atoms with van der Waals surface area (Å²) in [6.07, 6.45) is 6.03. The highest BCUT2D eigenvalue weighted by Crippen LogP contribution is 2.60. The van der Waals surface area contributed by atoms with Crippen LogP contribution in [0.25, 0.3) is 0 Å². The summed E-state index contributed by atoms with van der Waals surface area (Å²) in [6.45, 7) is 0. The Kier molecular flexibility index (Phi) is 3.25. The topological polar surface area (TPSA) is 0 Å². The zero-order valence-corrected chi connectivity index (χ0v) is 12.4. The van der Waals surface area contributed by atoms with E-state index in [1.54, 1.807) is 0 Å². The van der Waals surface area contributed by atoms with Gasteiger partial charge in [0, 0.05) is 11.6 Å². The maximum Gasteiger partial charge on any atom is 0.161 e. The lowest BCUT2D eigenvalue weighted by Crippen LogP contribution is -2.46. The van der Waals surface area contributed by atoms with E-state index in [0.29, 0.717) is 17.9 Å². The van der Waals surface area contributed by atoms with Gasteiger partial charge in [0.15, 0.2) is 11.6 Å². The zero-order valence-electron chi connectivity index (χ0n) is 11.7. The third-order valence-electron chi connectivity index (χ3n) is 5.97. The van der Waals surface area contributed by atoms with Crippen LogP contribution in [0, 0.1) is 47.0 Å². The maximum absolute atomic E-state index is 14.0. The first-order valence-electron chi connectivity index (χ1n) is 7.81. The molecule has 0 nitrogen and oxygen atoms in total. The van der Waals surface area contributed by atoms with Crippen molar-refractivity contribution < 1.29 is 13.2 Å². The molecule has 0 N–H and O–H groups in total. The fraction of sp³-hybridized carbons (Fsp3) is 0.647. The molecule has 0 amide bonds. The summed E-state index contributed by atoms with van der Waals surface area (Å²) in [7, 11) is 0. The molecule has 1 unspecified atom stereocenters. The minimum Gasteiger partial charge on any atom is -0.207 e. The van der Waals surface area contributed by atoms with Crippen molar-refractivity contribution in [2.24, 2.45) is 29.6 Å². The van der Waals surface area contributed by atoms with E-state index >= 15 is 0 Å². The highest BCUT2D eigenvalue weighted by molar-refractivity contribution is 6.21. The van der Waals surface area contributed by atoms with E-state index in [1.807, 2.05) is 0 Å². The van der Waals surface area contributed by atoms with Gasteiger partial charge >= 0.3 is 0 Å².